The van der Waals surface area contributed by atoms with Gasteiger partial charge in [-0.05, 0) is 25.9 Å². The second-order valence-electron chi connectivity index (χ2n) is 4.39. The molecule has 3 N–H and O–H groups in total. The molecular weight excluding hydrogens is 232 g/mol. The molecule has 0 radical (unpaired) electrons. The minimum Gasteiger partial charge on any atom is -0.475 e. The fourth-order valence-electron chi connectivity index (χ4n) is 2.20. The third-order valence-corrected chi connectivity index (χ3v) is 3.11. The van der Waals surface area contributed by atoms with Gasteiger partial charge in [-0.15, -0.1) is 0 Å². The number of imidazole rings is 1. The van der Waals surface area contributed by atoms with E-state index in [1.165, 1.54) is 12.8 Å². The van der Waals surface area contributed by atoms with E-state index >= 15 is 0 Å². The zero-order valence-electron chi connectivity index (χ0n) is 10.1. The van der Waals surface area contributed by atoms with Crippen LogP contribution in [0.4, 0.5) is 5.95 Å². The summed E-state index contributed by atoms with van der Waals surface area (Å²) in [7, 11) is 0. The zero-order chi connectivity index (χ0) is 12.4. The highest BCUT2D eigenvalue weighted by Crippen LogP contribution is 2.19. The monoisotopic (exact) mass is 248 g/mol. The molecule has 0 aromatic carbocycles. The lowest BCUT2D eigenvalue weighted by Crippen LogP contribution is -2.25. The summed E-state index contributed by atoms with van der Waals surface area (Å²) in [4.78, 5) is 17.5. The summed E-state index contributed by atoms with van der Waals surface area (Å²) in [6.07, 6.45) is 4.13. The van der Waals surface area contributed by atoms with Crippen LogP contribution in [0.2, 0.25) is 0 Å². The van der Waals surface area contributed by atoms with Gasteiger partial charge in [0, 0.05) is 6.54 Å². The molecule has 0 amide bonds. The number of likely N-dealkylation sites (tertiary alicyclic amines) is 1. The maximum atomic E-state index is 5.68. The van der Waals surface area contributed by atoms with Gasteiger partial charge < -0.3 is 15.5 Å². The number of fused-ring (bicyclic) bond motifs is 1. The number of aromatic nitrogens is 4. The minimum absolute atomic E-state index is 0.186. The van der Waals surface area contributed by atoms with Crippen LogP contribution < -0.4 is 10.5 Å². The summed E-state index contributed by atoms with van der Waals surface area (Å²) in [5, 5.41) is 0. The van der Waals surface area contributed by atoms with E-state index in [9.17, 15) is 0 Å². The molecule has 0 saturated carbocycles. The van der Waals surface area contributed by atoms with Crippen molar-refractivity contribution in [2.45, 2.75) is 12.8 Å². The Balaban J connectivity index is 1.67. The molecule has 1 aliphatic rings. The molecule has 1 fully saturated rings. The predicted octanol–water partition coefficient (Wildman–Crippen LogP) is 0.410. The first-order valence-corrected chi connectivity index (χ1v) is 6.15. The van der Waals surface area contributed by atoms with E-state index in [1.54, 1.807) is 6.33 Å². The molecule has 0 atom stereocenters. The summed E-state index contributed by atoms with van der Waals surface area (Å²) in [5.74, 6) is 0.667. The molecule has 3 rings (SSSR count). The number of nitrogens with two attached hydrogens (primary N) is 1. The van der Waals surface area contributed by atoms with E-state index in [2.05, 4.69) is 24.8 Å². The van der Waals surface area contributed by atoms with Crippen LogP contribution in [0.25, 0.3) is 11.2 Å². The van der Waals surface area contributed by atoms with Crippen molar-refractivity contribution >= 4 is 17.1 Å². The van der Waals surface area contributed by atoms with Crippen LogP contribution in [0.1, 0.15) is 12.8 Å². The highest BCUT2D eigenvalue weighted by atomic mass is 16.5. The quantitative estimate of drug-likeness (QED) is 0.814. The van der Waals surface area contributed by atoms with Gasteiger partial charge in [0.05, 0.1) is 6.33 Å². The Labute approximate surface area is 104 Å². The number of nitrogens with zero attached hydrogens (tertiary/aromatic N) is 4. The lowest BCUT2D eigenvalue weighted by Gasteiger charge is -2.14. The molecule has 0 unspecified atom stereocenters. The Morgan fingerprint density at radius 2 is 2.17 bits per heavy atom. The minimum atomic E-state index is 0.186. The van der Waals surface area contributed by atoms with Gasteiger partial charge >= 0.3 is 0 Å². The summed E-state index contributed by atoms with van der Waals surface area (Å²) in [5.41, 5.74) is 6.85. The van der Waals surface area contributed by atoms with E-state index < -0.39 is 0 Å². The third-order valence-electron chi connectivity index (χ3n) is 3.11. The average molecular weight is 248 g/mol. The number of rotatable bonds is 4. The topological polar surface area (TPSA) is 93.0 Å². The number of hydrogen-bond acceptors (Lipinski definition) is 6. The van der Waals surface area contributed by atoms with Crippen LogP contribution in [0.5, 0.6) is 5.88 Å². The summed E-state index contributed by atoms with van der Waals surface area (Å²) in [6.45, 7) is 3.84. The molecule has 18 heavy (non-hydrogen) atoms. The van der Waals surface area contributed by atoms with Gasteiger partial charge in [0.15, 0.2) is 5.65 Å². The maximum absolute atomic E-state index is 5.68. The van der Waals surface area contributed by atoms with Crippen molar-refractivity contribution in [1.82, 2.24) is 24.8 Å². The summed E-state index contributed by atoms with van der Waals surface area (Å²) < 4.78 is 5.68. The first-order chi connectivity index (χ1) is 8.83. The number of nitrogen functional groups attached to an aromatic ring is 1. The fraction of sp³-hybridized carbons (Fsp3) is 0.545. The normalized spacial score (nSPS) is 16.4. The van der Waals surface area contributed by atoms with Crippen molar-refractivity contribution in [3.05, 3.63) is 6.33 Å². The molecule has 7 nitrogen and oxygen atoms in total. The maximum Gasteiger partial charge on any atom is 0.245 e. The first-order valence-electron chi connectivity index (χ1n) is 6.15. The molecule has 2 aromatic heterocycles. The predicted molar refractivity (Wildman–Crippen MR) is 67.3 cm³/mol. The van der Waals surface area contributed by atoms with Crippen LogP contribution in [-0.4, -0.2) is 51.1 Å². The largest absolute Gasteiger partial charge is 0.475 e. The van der Waals surface area contributed by atoms with Gasteiger partial charge in [0.2, 0.25) is 11.8 Å². The van der Waals surface area contributed by atoms with Crippen molar-refractivity contribution in [3.63, 3.8) is 0 Å². The lowest BCUT2D eigenvalue weighted by molar-refractivity contribution is 0.234. The van der Waals surface area contributed by atoms with Crippen LogP contribution in [0.15, 0.2) is 6.33 Å². The van der Waals surface area contributed by atoms with Crippen molar-refractivity contribution in [2.24, 2.45) is 0 Å². The highest BCUT2D eigenvalue weighted by molar-refractivity contribution is 5.76. The van der Waals surface area contributed by atoms with E-state index in [1.807, 2.05) is 0 Å². The van der Waals surface area contributed by atoms with Gasteiger partial charge in [0.25, 0.3) is 0 Å². The molecular formula is C11H16N6O. The number of anilines is 1. The first kappa shape index (κ1) is 11.2. The standard InChI is InChI=1S/C11H16N6O/c12-11-15-9-8(13-7-14-9)10(16-11)18-6-5-17-3-1-2-4-17/h7H,1-6H2,(H3,12,13,14,15,16). The summed E-state index contributed by atoms with van der Waals surface area (Å²) in [6, 6.07) is 0. The fourth-order valence-corrected chi connectivity index (χ4v) is 2.20. The molecule has 1 aliphatic heterocycles. The van der Waals surface area contributed by atoms with Gasteiger partial charge in [0.1, 0.15) is 12.1 Å². The van der Waals surface area contributed by atoms with Gasteiger partial charge in [-0.25, -0.2) is 4.98 Å². The number of nitrogens with one attached hydrogen (secondary N) is 1. The smallest absolute Gasteiger partial charge is 0.245 e. The Bertz CT molecular complexity index is 533. The molecule has 3 heterocycles. The number of aromatic amines is 1. The van der Waals surface area contributed by atoms with Crippen molar-refractivity contribution in [3.8, 4) is 5.88 Å². The SMILES string of the molecule is Nc1nc(OCCN2CCCC2)c2[nH]cnc2n1. The Morgan fingerprint density at radius 1 is 1.33 bits per heavy atom. The molecule has 96 valence electrons. The second-order valence-corrected chi connectivity index (χ2v) is 4.39. The van der Waals surface area contributed by atoms with E-state index in [-0.39, 0.29) is 5.95 Å². The van der Waals surface area contributed by atoms with Crippen molar-refractivity contribution in [2.75, 3.05) is 32.0 Å². The molecule has 7 heteroatoms. The van der Waals surface area contributed by atoms with Crippen LogP contribution >= 0.6 is 0 Å². The third kappa shape index (κ3) is 2.21. The van der Waals surface area contributed by atoms with Crippen LogP contribution in [0.3, 0.4) is 0 Å². The number of H-pyrrole nitrogens is 1. The Morgan fingerprint density at radius 3 is 3.00 bits per heavy atom. The molecule has 0 bridgehead atoms. The molecule has 0 aliphatic carbocycles. The van der Waals surface area contributed by atoms with Gasteiger partial charge in [-0.2, -0.15) is 9.97 Å². The number of ether oxygens (including phenoxy) is 1. The summed E-state index contributed by atoms with van der Waals surface area (Å²) >= 11 is 0. The van der Waals surface area contributed by atoms with Gasteiger partial charge in [-0.1, -0.05) is 0 Å². The van der Waals surface area contributed by atoms with E-state index in [4.69, 9.17) is 10.5 Å². The van der Waals surface area contributed by atoms with E-state index in [0.29, 0.717) is 23.7 Å². The Kier molecular flexibility index (Phi) is 2.97. The van der Waals surface area contributed by atoms with E-state index in [0.717, 1.165) is 19.6 Å². The molecule has 2 aromatic rings. The Hall–Kier alpha value is -1.89. The second kappa shape index (κ2) is 4.77. The van der Waals surface area contributed by atoms with Crippen molar-refractivity contribution in [1.29, 1.82) is 0 Å². The van der Waals surface area contributed by atoms with Crippen LogP contribution in [-0.2, 0) is 0 Å². The molecule has 1 saturated heterocycles. The van der Waals surface area contributed by atoms with Gasteiger partial charge in [-0.3, -0.25) is 4.90 Å². The van der Waals surface area contributed by atoms with Crippen LogP contribution in [0, 0.1) is 0 Å². The zero-order valence-corrected chi connectivity index (χ0v) is 10.1. The molecule has 0 spiro atoms. The average Bonchev–Trinajstić information content (AvgIpc) is 2.98. The highest BCUT2D eigenvalue weighted by Gasteiger charge is 2.13. The number of hydrogen-bond donors (Lipinski definition) is 2. The lowest BCUT2D eigenvalue weighted by atomic mass is 10.4. The van der Waals surface area contributed by atoms with Crippen molar-refractivity contribution < 1.29 is 4.74 Å².